The van der Waals surface area contributed by atoms with Crippen LogP contribution in [0.5, 0.6) is 0 Å². The third kappa shape index (κ3) is 8.01. The first kappa shape index (κ1) is 34.4. The number of carbonyl (C=O) groups is 2. The third-order valence-corrected chi connectivity index (χ3v) is 11.1. The van der Waals surface area contributed by atoms with Crippen LogP contribution in [-0.4, -0.2) is 43.8 Å². The maximum absolute atomic E-state index is 14.4. The van der Waals surface area contributed by atoms with E-state index in [2.05, 4.69) is 5.32 Å². The highest BCUT2D eigenvalue weighted by atomic mass is 35.5. The number of hydrogen-bond acceptors (Lipinski definition) is 4. The third-order valence-electron chi connectivity index (χ3n) is 7.82. The number of benzene rings is 3. The van der Waals surface area contributed by atoms with E-state index in [-0.39, 0.29) is 45.5 Å². The Morgan fingerprint density at radius 1 is 0.886 bits per heavy atom. The zero-order valence-electron chi connectivity index (χ0n) is 24.5. The highest BCUT2D eigenvalue weighted by Crippen LogP contribution is 2.36. The number of sulfonamides is 1. The number of nitrogens with zero attached hydrogens (tertiary/aromatic N) is 2. The fourth-order valence-corrected chi connectivity index (χ4v) is 7.74. The van der Waals surface area contributed by atoms with Gasteiger partial charge < -0.3 is 10.2 Å². The first-order chi connectivity index (χ1) is 20.9. The summed E-state index contributed by atoms with van der Waals surface area (Å²) < 4.78 is 29.1. The molecule has 0 radical (unpaired) electrons. The summed E-state index contributed by atoms with van der Waals surface area (Å²) in [7, 11) is -4.31. The van der Waals surface area contributed by atoms with Crippen molar-refractivity contribution in [1.82, 2.24) is 10.2 Å². The van der Waals surface area contributed by atoms with Crippen molar-refractivity contribution in [3.63, 3.8) is 0 Å². The van der Waals surface area contributed by atoms with Gasteiger partial charge in [-0.3, -0.25) is 13.9 Å². The second-order valence-electron chi connectivity index (χ2n) is 10.9. The SMILES string of the molecule is CC[C@@H](C(=O)NC1CCCCC1)N(Cc1c(Cl)cccc1Cl)C(=O)CN(c1cccc(Cl)c1Cl)S(=O)(=O)c1ccc(C)cc1. The Hall–Kier alpha value is -2.49. The molecule has 1 fully saturated rings. The molecular weight excluding hydrogens is 664 g/mol. The molecule has 2 amide bonds. The summed E-state index contributed by atoms with van der Waals surface area (Å²) in [5.74, 6) is -0.956. The molecular formula is C32H35Cl4N3O4S. The first-order valence-electron chi connectivity index (χ1n) is 14.5. The number of anilines is 1. The molecule has 3 aromatic carbocycles. The lowest BCUT2D eigenvalue weighted by Crippen LogP contribution is -2.54. The minimum atomic E-state index is -4.31. The molecule has 0 unspecified atom stereocenters. The van der Waals surface area contributed by atoms with E-state index >= 15 is 0 Å². The average molecular weight is 700 g/mol. The van der Waals surface area contributed by atoms with Crippen LogP contribution in [0.1, 0.15) is 56.6 Å². The monoisotopic (exact) mass is 697 g/mol. The van der Waals surface area contributed by atoms with Gasteiger partial charge in [-0.1, -0.05) is 102 Å². The van der Waals surface area contributed by atoms with Crippen LogP contribution >= 0.6 is 46.4 Å². The Morgan fingerprint density at radius 3 is 2.09 bits per heavy atom. The molecule has 0 aliphatic heterocycles. The smallest absolute Gasteiger partial charge is 0.264 e. The molecule has 4 rings (SSSR count). The minimum Gasteiger partial charge on any atom is -0.352 e. The van der Waals surface area contributed by atoms with Gasteiger partial charge in [0.25, 0.3) is 10.0 Å². The van der Waals surface area contributed by atoms with Crippen molar-refractivity contribution < 1.29 is 18.0 Å². The summed E-state index contributed by atoms with van der Waals surface area (Å²) in [6.45, 7) is 2.86. The van der Waals surface area contributed by atoms with E-state index in [1.165, 1.54) is 29.2 Å². The molecule has 0 bridgehead atoms. The van der Waals surface area contributed by atoms with Crippen LogP contribution < -0.4 is 9.62 Å². The summed E-state index contributed by atoms with van der Waals surface area (Å²) in [5.41, 5.74) is 1.34. The van der Waals surface area contributed by atoms with Gasteiger partial charge in [0.1, 0.15) is 12.6 Å². The number of halogens is 4. The highest BCUT2D eigenvalue weighted by Gasteiger charge is 2.36. The summed E-state index contributed by atoms with van der Waals surface area (Å²) in [6, 6.07) is 14.9. The summed E-state index contributed by atoms with van der Waals surface area (Å²) in [6.07, 6.45) is 5.16. The van der Waals surface area contributed by atoms with Gasteiger partial charge in [-0.25, -0.2) is 8.42 Å². The van der Waals surface area contributed by atoms with E-state index in [4.69, 9.17) is 46.4 Å². The molecule has 1 aliphatic carbocycles. The maximum Gasteiger partial charge on any atom is 0.264 e. The number of hydrogen-bond donors (Lipinski definition) is 1. The van der Waals surface area contributed by atoms with Crippen molar-refractivity contribution in [2.75, 3.05) is 10.8 Å². The Bertz CT molecular complexity index is 1580. The van der Waals surface area contributed by atoms with Crippen LogP contribution in [0.3, 0.4) is 0 Å². The van der Waals surface area contributed by atoms with E-state index in [1.807, 2.05) is 6.92 Å². The van der Waals surface area contributed by atoms with Gasteiger partial charge in [-0.15, -0.1) is 0 Å². The van der Waals surface area contributed by atoms with Gasteiger partial charge in [0.2, 0.25) is 11.8 Å². The van der Waals surface area contributed by atoms with Crippen LogP contribution in [0.25, 0.3) is 0 Å². The molecule has 1 saturated carbocycles. The van der Waals surface area contributed by atoms with Crippen molar-refractivity contribution in [1.29, 1.82) is 0 Å². The van der Waals surface area contributed by atoms with E-state index in [1.54, 1.807) is 43.3 Å². The number of nitrogens with one attached hydrogen (secondary N) is 1. The minimum absolute atomic E-state index is 0.00911. The molecule has 12 heteroatoms. The molecule has 1 atom stereocenters. The zero-order chi connectivity index (χ0) is 32.0. The molecule has 0 aromatic heterocycles. The van der Waals surface area contributed by atoms with Gasteiger partial charge in [-0.2, -0.15) is 0 Å². The van der Waals surface area contributed by atoms with Crippen LogP contribution in [0.4, 0.5) is 5.69 Å². The molecule has 0 spiro atoms. The molecule has 1 aliphatic rings. The first-order valence-corrected chi connectivity index (χ1v) is 17.4. The van der Waals surface area contributed by atoms with Crippen molar-refractivity contribution >= 4 is 73.9 Å². The Morgan fingerprint density at radius 2 is 1.48 bits per heavy atom. The second kappa shape index (κ2) is 15.2. The molecule has 7 nitrogen and oxygen atoms in total. The van der Waals surface area contributed by atoms with Gasteiger partial charge >= 0.3 is 0 Å². The quantitative estimate of drug-likeness (QED) is 0.220. The van der Waals surface area contributed by atoms with Crippen LogP contribution in [0.2, 0.25) is 20.1 Å². The van der Waals surface area contributed by atoms with Crippen LogP contribution in [0, 0.1) is 6.92 Å². The average Bonchev–Trinajstić information content (AvgIpc) is 2.99. The molecule has 44 heavy (non-hydrogen) atoms. The van der Waals surface area contributed by atoms with E-state index in [0.717, 1.165) is 42.0 Å². The molecule has 3 aromatic rings. The number of amides is 2. The van der Waals surface area contributed by atoms with E-state index in [0.29, 0.717) is 15.6 Å². The van der Waals surface area contributed by atoms with Gasteiger partial charge in [-0.05, 0) is 62.6 Å². The van der Waals surface area contributed by atoms with E-state index < -0.39 is 28.5 Å². The number of rotatable bonds is 11. The topological polar surface area (TPSA) is 86.8 Å². The van der Waals surface area contributed by atoms with E-state index in [9.17, 15) is 18.0 Å². The lowest BCUT2D eigenvalue weighted by atomic mass is 9.95. The standard InChI is InChI=1S/C32H35Cl4N3O4S/c1-3-28(32(41)37-22-9-5-4-6-10-22)38(19-24-25(33)11-7-12-26(24)34)30(40)20-39(29-14-8-13-27(35)31(29)36)44(42,43)23-17-15-21(2)16-18-23/h7-8,11-18,22,28H,3-6,9-10,19-20H2,1-2H3,(H,37,41)/t28-/m0/s1. The second-order valence-corrected chi connectivity index (χ2v) is 14.3. The number of aryl methyl sites for hydroxylation is 1. The lowest BCUT2D eigenvalue weighted by molar-refractivity contribution is -0.140. The summed E-state index contributed by atoms with van der Waals surface area (Å²) >= 11 is 25.8. The fourth-order valence-electron chi connectivity index (χ4n) is 5.35. The van der Waals surface area contributed by atoms with Gasteiger partial charge in [0, 0.05) is 28.2 Å². The zero-order valence-corrected chi connectivity index (χ0v) is 28.4. The predicted molar refractivity (Wildman–Crippen MR) is 178 cm³/mol. The molecule has 236 valence electrons. The van der Waals surface area contributed by atoms with Crippen LogP contribution in [-0.2, 0) is 26.2 Å². The van der Waals surface area contributed by atoms with Crippen molar-refractivity contribution in [2.24, 2.45) is 0 Å². The summed E-state index contributed by atoms with van der Waals surface area (Å²) in [5, 5.41) is 3.85. The molecule has 1 N–H and O–H groups in total. The summed E-state index contributed by atoms with van der Waals surface area (Å²) in [4.78, 5) is 29.4. The number of carbonyl (C=O) groups excluding carboxylic acids is 2. The molecule has 0 saturated heterocycles. The Balaban J connectivity index is 1.77. The lowest BCUT2D eigenvalue weighted by Gasteiger charge is -2.35. The normalized spacial score (nSPS) is 14.6. The van der Waals surface area contributed by atoms with Crippen molar-refractivity contribution in [2.45, 2.75) is 75.9 Å². The van der Waals surface area contributed by atoms with Gasteiger partial charge in [0.15, 0.2) is 0 Å². The van der Waals surface area contributed by atoms with Crippen molar-refractivity contribution in [3.05, 3.63) is 91.9 Å². The highest BCUT2D eigenvalue weighted by molar-refractivity contribution is 7.92. The van der Waals surface area contributed by atoms with Gasteiger partial charge in [0.05, 0.1) is 20.6 Å². The Labute approximate surface area is 279 Å². The largest absolute Gasteiger partial charge is 0.352 e. The maximum atomic E-state index is 14.4. The van der Waals surface area contributed by atoms with Crippen LogP contribution in [0.15, 0.2) is 65.6 Å². The van der Waals surface area contributed by atoms with Crippen molar-refractivity contribution in [3.8, 4) is 0 Å². The predicted octanol–water partition coefficient (Wildman–Crippen LogP) is 8.06. The fraction of sp³-hybridized carbons (Fsp3) is 0.375. The Kier molecular flexibility index (Phi) is 11.9. The molecule has 0 heterocycles.